The predicted molar refractivity (Wildman–Crippen MR) is 87.4 cm³/mol. The van der Waals surface area contributed by atoms with Gasteiger partial charge in [0.1, 0.15) is 0 Å². The summed E-state index contributed by atoms with van der Waals surface area (Å²) in [5.74, 6) is 0. The quantitative estimate of drug-likeness (QED) is 0.866. The first-order valence-corrected chi connectivity index (χ1v) is 9.25. The third-order valence-corrected chi connectivity index (χ3v) is 5.05. The SMILES string of the molecule is CS(=O)(=O)c1cccc(C(O)Cc2ccc(Br)cc2Cl)c1. The summed E-state index contributed by atoms with van der Waals surface area (Å²) in [7, 11) is -3.29. The van der Waals surface area contributed by atoms with Crippen LogP contribution in [0.15, 0.2) is 51.8 Å². The van der Waals surface area contributed by atoms with E-state index < -0.39 is 15.9 Å². The molecule has 0 aliphatic carbocycles. The molecule has 0 heterocycles. The van der Waals surface area contributed by atoms with Crippen molar-refractivity contribution in [3.8, 4) is 0 Å². The monoisotopic (exact) mass is 388 g/mol. The zero-order chi connectivity index (χ0) is 15.6. The normalized spacial score (nSPS) is 13.1. The predicted octanol–water partition coefficient (Wildman–Crippen LogP) is 3.78. The van der Waals surface area contributed by atoms with E-state index in [4.69, 9.17) is 11.6 Å². The second-order valence-electron chi connectivity index (χ2n) is 4.80. The molecule has 0 aliphatic heterocycles. The fraction of sp³-hybridized carbons (Fsp3) is 0.200. The van der Waals surface area contributed by atoms with Crippen LogP contribution in [0.1, 0.15) is 17.2 Å². The second-order valence-corrected chi connectivity index (χ2v) is 8.14. The molecule has 2 rings (SSSR count). The summed E-state index contributed by atoms with van der Waals surface area (Å²) in [5.41, 5.74) is 1.36. The van der Waals surface area contributed by atoms with E-state index >= 15 is 0 Å². The van der Waals surface area contributed by atoms with Gasteiger partial charge in [-0.1, -0.05) is 45.7 Å². The van der Waals surface area contributed by atoms with Crippen molar-refractivity contribution in [2.24, 2.45) is 0 Å². The van der Waals surface area contributed by atoms with Gasteiger partial charge in [0.2, 0.25) is 0 Å². The molecule has 0 aliphatic rings. The molecule has 0 amide bonds. The summed E-state index contributed by atoms with van der Waals surface area (Å²) in [6.07, 6.45) is 0.647. The van der Waals surface area contributed by atoms with Gasteiger partial charge in [0.05, 0.1) is 11.0 Å². The summed E-state index contributed by atoms with van der Waals surface area (Å²) >= 11 is 9.45. The lowest BCUT2D eigenvalue weighted by atomic mass is 10.0. The fourth-order valence-electron chi connectivity index (χ4n) is 1.97. The number of sulfone groups is 1. The van der Waals surface area contributed by atoms with Crippen molar-refractivity contribution < 1.29 is 13.5 Å². The third-order valence-electron chi connectivity index (χ3n) is 3.10. The molecule has 1 N–H and O–H groups in total. The largest absolute Gasteiger partial charge is 0.388 e. The van der Waals surface area contributed by atoms with Crippen LogP contribution >= 0.6 is 27.5 Å². The maximum Gasteiger partial charge on any atom is 0.175 e. The molecule has 112 valence electrons. The zero-order valence-electron chi connectivity index (χ0n) is 11.3. The first-order chi connectivity index (χ1) is 9.77. The molecule has 3 nitrogen and oxygen atoms in total. The average molecular weight is 390 g/mol. The Kier molecular flexibility index (Phi) is 5.09. The van der Waals surface area contributed by atoms with Gasteiger partial charge in [-0.3, -0.25) is 0 Å². The molecular formula is C15H14BrClO3S. The minimum absolute atomic E-state index is 0.195. The second kappa shape index (κ2) is 6.48. The Hall–Kier alpha value is -0.880. The summed E-state index contributed by atoms with van der Waals surface area (Å²) < 4.78 is 24.0. The Labute approximate surface area is 137 Å². The number of benzene rings is 2. The molecule has 1 atom stereocenters. The van der Waals surface area contributed by atoms with E-state index in [2.05, 4.69) is 15.9 Å². The molecule has 0 fully saturated rings. The van der Waals surface area contributed by atoms with E-state index in [0.717, 1.165) is 16.3 Å². The van der Waals surface area contributed by atoms with Gasteiger partial charge >= 0.3 is 0 Å². The smallest absolute Gasteiger partial charge is 0.175 e. The van der Waals surface area contributed by atoms with E-state index in [-0.39, 0.29) is 4.90 Å². The minimum Gasteiger partial charge on any atom is -0.388 e. The summed E-state index contributed by atoms with van der Waals surface area (Å²) in [6.45, 7) is 0. The highest BCUT2D eigenvalue weighted by atomic mass is 79.9. The van der Waals surface area contributed by atoms with Crippen molar-refractivity contribution in [3.63, 3.8) is 0 Å². The molecule has 2 aromatic rings. The van der Waals surface area contributed by atoms with Crippen LogP contribution in [0.4, 0.5) is 0 Å². The van der Waals surface area contributed by atoms with Crippen molar-refractivity contribution >= 4 is 37.4 Å². The Bertz CT molecular complexity index is 759. The summed E-state index contributed by atoms with van der Waals surface area (Å²) in [4.78, 5) is 0.195. The van der Waals surface area contributed by atoms with Crippen LogP contribution in [-0.4, -0.2) is 19.8 Å². The third kappa shape index (κ3) is 4.30. The maximum absolute atomic E-state index is 11.5. The molecule has 0 aromatic heterocycles. The minimum atomic E-state index is -3.29. The van der Waals surface area contributed by atoms with Crippen molar-refractivity contribution in [1.82, 2.24) is 0 Å². The molecule has 0 radical (unpaired) electrons. The van der Waals surface area contributed by atoms with Gasteiger partial charge in [-0.05, 0) is 35.4 Å². The number of halogens is 2. The van der Waals surface area contributed by atoms with E-state index in [1.165, 1.54) is 12.1 Å². The maximum atomic E-state index is 11.5. The Balaban J connectivity index is 2.26. The molecule has 0 bridgehead atoms. The van der Waals surface area contributed by atoms with Gasteiger partial charge in [0, 0.05) is 22.2 Å². The first kappa shape index (κ1) is 16.5. The highest BCUT2D eigenvalue weighted by molar-refractivity contribution is 9.10. The van der Waals surface area contributed by atoms with Crippen LogP contribution in [0.25, 0.3) is 0 Å². The van der Waals surface area contributed by atoms with Gasteiger partial charge in [-0.25, -0.2) is 8.42 Å². The molecular weight excluding hydrogens is 376 g/mol. The summed E-state index contributed by atoms with van der Waals surface area (Å²) in [6, 6.07) is 11.8. The van der Waals surface area contributed by atoms with Gasteiger partial charge in [0.25, 0.3) is 0 Å². The Morgan fingerprint density at radius 2 is 1.95 bits per heavy atom. The Morgan fingerprint density at radius 1 is 1.24 bits per heavy atom. The number of rotatable bonds is 4. The fourth-order valence-corrected chi connectivity index (χ4v) is 3.39. The van der Waals surface area contributed by atoms with Gasteiger partial charge in [-0.2, -0.15) is 0 Å². The van der Waals surface area contributed by atoms with Crippen LogP contribution in [0.2, 0.25) is 5.02 Å². The number of hydrogen-bond acceptors (Lipinski definition) is 3. The van der Waals surface area contributed by atoms with Crippen molar-refractivity contribution in [2.75, 3.05) is 6.26 Å². The molecule has 2 aromatic carbocycles. The number of aliphatic hydroxyl groups is 1. The van der Waals surface area contributed by atoms with E-state index in [1.54, 1.807) is 18.2 Å². The van der Waals surface area contributed by atoms with Crippen molar-refractivity contribution in [2.45, 2.75) is 17.4 Å². The Morgan fingerprint density at radius 3 is 2.57 bits per heavy atom. The first-order valence-electron chi connectivity index (χ1n) is 6.19. The lowest BCUT2D eigenvalue weighted by Crippen LogP contribution is -2.04. The average Bonchev–Trinajstić information content (AvgIpc) is 2.41. The summed E-state index contributed by atoms with van der Waals surface area (Å²) in [5, 5.41) is 10.9. The highest BCUT2D eigenvalue weighted by Crippen LogP contribution is 2.27. The number of hydrogen-bond donors (Lipinski definition) is 1. The van der Waals surface area contributed by atoms with Crippen LogP contribution in [-0.2, 0) is 16.3 Å². The lowest BCUT2D eigenvalue weighted by Gasteiger charge is -2.13. The van der Waals surface area contributed by atoms with Crippen LogP contribution in [0.5, 0.6) is 0 Å². The molecule has 21 heavy (non-hydrogen) atoms. The molecule has 0 saturated heterocycles. The van der Waals surface area contributed by atoms with Crippen LogP contribution < -0.4 is 0 Å². The molecule has 0 saturated carbocycles. The van der Waals surface area contributed by atoms with E-state index in [0.29, 0.717) is 17.0 Å². The standard InChI is InChI=1S/C15H14BrClO3S/c1-21(19,20)13-4-2-3-11(7-13)15(18)8-10-5-6-12(16)9-14(10)17/h2-7,9,15,18H,8H2,1H3. The van der Waals surface area contributed by atoms with Crippen molar-refractivity contribution in [3.05, 3.63) is 63.1 Å². The van der Waals surface area contributed by atoms with Gasteiger partial charge in [0.15, 0.2) is 9.84 Å². The van der Waals surface area contributed by atoms with Crippen LogP contribution in [0, 0.1) is 0 Å². The van der Waals surface area contributed by atoms with Crippen molar-refractivity contribution in [1.29, 1.82) is 0 Å². The van der Waals surface area contributed by atoms with E-state index in [1.807, 2.05) is 12.1 Å². The highest BCUT2D eigenvalue weighted by Gasteiger charge is 2.14. The molecule has 0 spiro atoms. The molecule has 6 heteroatoms. The topological polar surface area (TPSA) is 54.4 Å². The van der Waals surface area contributed by atoms with Crippen LogP contribution in [0.3, 0.4) is 0 Å². The number of aliphatic hydroxyl groups excluding tert-OH is 1. The lowest BCUT2D eigenvalue weighted by molar-refractivity contribution is 0.178. The van der Waals surface area contributed by atoms with E-state index in [9.17, 15) is 13.5 Å². The van der Waals surface area contributed by atoms with Gasteiger partial charge < -0.3 is 5.11 Å². The zero-order valence-corrected chi connectivity index (χ0v) is 14.4. The van der Waals surface area contributed by atoms with Gasteiger partial charge in [-0.15, -0.1) is 0 Å². The molecule has 1 unspecified atom stereocenters.